The molecule has 0 atom stereocenters. The zero-order chi connectivity index (χ0) is 25.3. The fraction of sp³-hybridized carbons (Fsp3) is 0.0370. The molecule has 0 saturated carbocycles. The number of carbonyl (C=O) groups is 2. The first-order chi connectivity index (χ1) is 17.4. The van der Waals surface area contributed by atoms with Gasteiger partial charge in [0.05, 0.1) is 35.3 Å². The van der Waals surface area contributed by atoms with Gasteiger partial charge < -0.3 is 10.1 Å². The first-order valence-electron chi connectivity index (χ1n) is 10.9. The zero-order valence-electron chi connectivity index (χ0n) is 19.0. The molecule has 0 saturated heterocycles. The second-order valence-corrected chi connectivity index (χ2v) is 9.45. The van der Waals surface area contributed by atoms with Crippen LogP contribution >= 0.6 is 0 Å². The fourth-order valence-electron chi connectivity index (χ4n) is 3.99. The molecule has 5 rings (SSSR count). The monoisotopic (exact) mass is 497 g/mol. The van der Waals surface area contributed by atoms with Crippen LogP contribution in [0, 0.1) is 0 Å². The maximum atomic E-state index is 13.4. The van der Waals surface area contributed by atoms with Crippen molar-refractivity contribution >= 4 is 44.1 Å². The summed E-state index contributed by atoms with van der Waals surface area (Å²) in [6.07, 6.45) is 2.89. The Labute approximate surface area is 207 Å². The highest BCUT2D eigenvalue weighted by Crippen LogP contribution is 2.28. The normalized spacial score (nSPS) is 14.3. The largest absolute Gasteiger partial charge is 0.465 e. The zero-order valence-corrected chi connectivity index (χ0v) is 19.8. The van der Waals surface area contributed by atoms with E-state index in [4.69, 9.17) is 4.74 Å². The van der Waals surface area contributed by atoms with E-state index in [0.717, 1.165) is 0 Å². The average molecular weight is 498 g/mol. The molecule has 1 N–H and O–H groups in total. The highest BCUT2D eigenvalue weighted by molar-refractivity contribution is 7.90. The van der Waals surface area contributed by atoms with Gasteiger partial charge in [-0.2, -0.15) is 12.8 Å². The number of aromatic nitrogens is 1. The van der Waals surface area contributed by atoms with Crippen molar-refractivity contribution in [2.75, 3.05) is 12.4 Å². The summed E-state index contributed by atoms with van der Waals surface area (Å²) in [4.78, 5) is 29.7. The third-order valence-corrected chi connectivity index (χ3v) is 6.99. The number of hydrogen-bond acceptors (Lipinski definition) is 7. The molecule has 1 heterocycles. The molecule has 0 spiro atoms. The number of anilines is 1. The number of benzene rings is 3. The first-order valence-corrected chi connectivity index (χ1v) is 12.3. The number of allylic oxidation sites excluding steroid dienone is 2. The van der Waals surface area contributed by atoms with Crippen LogP contribution in [0.15, 0.2) is 106 Å². The number of ketones is 1. The molecule has 8 nitrogen and oxygen atoms in total. The Balaban J connectivity index is 1.65. The van der Waals surface area contributed by atoms with E-state index in [1.54, 1.807) is 72.8 Å². The number of rotatable bonds is 5. The molecule has 1 aromatic heterocycles. The van der Waals surface area contributed by atoms with Crippen molar-refractivity contribution in [2.45, 2.75) is 4.90 Å². The highest BCUT2D eigenvalue weighted by atomic mass is 32.2. The van der Waals surface area contributed by atoms with Gasteiger partial charge >= 0.3 is 5.97 Å². The number of Topliss-reactive ketones (excluding diaryl/α,β-unsaturated/α-hetero) is 1. The number of para-hydroxylation sites is 2. The van der Waals surface area contributed by atoms with E-state index < -0.39 is 16.0 Å². The van der Waals surface area contributed by atoms with Crippen LogP contribution in [-0.4, -0.2) is 38.0 Å². The van der Waals surface area contributed by atoms with Gasteiger partial charge in [0.1, 0.15) is 4.90 Å². The molecule has 0 fully saturated rings. The number of nitrogens with one attached hydrogen (secondary N) is 1. The Bertz CT molecular complexity index is 1700. The number of pyridine rings is 1. The lowest BCUT2D eigenvalue weighted by molar-refractivity contribution is 0.0601. The van der Waals surface area contributed by atoms with Gasteiger partial charge in [0.25, 0.3) is 10.0 Å². The molecule has 1 aliphatic carbocycles. The molecule has 0 radical (unpaired) electrons. The van der Waals surface area contributed by atoms with Crippen molar-refractivity contribution in [1.82, 2.24) is 4.98 Å². The Morgan fingerprint density at radius 1 is 0.917 bits per heavy atom. The van der Waals surface area contributed by atoms with Crippen LogP contribution in [-0.2, 0) is 14.8 Å². The first kappa shape index (κ1) is 23.1. The molecule has 178 valence electrons. The molecule has 0 unspecified atom stereocenters. The fourth-order valence-corrected chi connectivity index (χ4v) is 5.16. The minimum absolute atomic E-state index is 0.0403. The van der Waals surface area contributed by atoms with Crippen LogP contribution in [0.3, 0.4) is 0 Å². The smallest absolute Gasteiger partial charge is 0.339 e. The number of sulfonamides is 1. The molecule has 1 aliphatic rings. The number of esters is 1. The molecule has 0 amide bonds. The molecule has 0 aliphatic heterocycles. The van der Waals surface area contributed by atoms with Crippen LogP contribution in [0.25, 0.3) is 10.9 Å². The maximum absolute atomic E-state index is 13.4. The van der Waals surface area contributed by atoms with Crippen molar-refractivity contribution in [3.63, 3.8) is 0 Å². The van der Waals surface area contributed by atoms with Gasteiger partial charge in [-0.3, -0.25) is 9.78 Å². The van der Waals surface area contributed by atoms with E-state index in [1.165, 1.54) is 25.4 Å². The minimum Gasteiger partial charge on any atom is -0.465 e. The molecular formula is C27H19N3O5S. The van der Waals surface area contributed by atoms with Crippen molar-refractivity contribution in [3.8, 4) is 0 Å². The summed E-state index contributed by atoms with van der Waals surface area (Å²) in [5.74, 6) is -0.948. The van der Waals surface area contributed by atoms with Gasteiger partial charge in [-0.05, 0) is 30.3 Å². The summed E-state index contributed by atoms with van der Waals surface area (Å²) >= 11 is 0. The summed E-state index contributed by atoms with van der Waals surface area (Å²) in [7, 11) is -2.94. The van der Waals surface area contributed by atoms with Crippen molar-refractivity contribution < 1.29 is 22.7 Å². The summed E-state index contributed by atoms with van der Waals surface area (Å²) in [6, 6.07) is 21.5. The summed E-state index contributed by atoms with van der Waals surface area (Å²) in [6.45, 7) is 0. The van der Waals surface area contributed by atoms with E-state index in [9.17, 15) is 18.0 Å². The van der Waals surface area contributed by atoms with Gasteiger partial charge in [-0.1, -0.05) is 54.6 Å². The van der Waals surface area contributed by atoms with Crippen LogP contribution < -0.4 is 5.32 Å². The second kappa shape index (κ2) is 9.20. The summed E-state index contributed by atoms with van der Waals surface area (Å²) in [5, 5.41) is 3.63. The number of fused-ring (bicyclic) bond motifs is 2. The Morgan fingerprint density at radius 3 is 2.44 bits per heavy atom. The number of carbonyl (C=O) groups excluding carboxylic acids is 2. The van der Waals surface area contributed by atoms with E-state index in [2.05, 4.69) is 14.7 Å². The maximum Gasteiger partial charge on any atom is 0.339 e. The summed E-state index contributed by atoms with van der Waals surface area (Å²) < 4.78 is 35.8. The number of nitrogens with zero attached hydrogens (tertiary/aromatic N) is 2. The predicted molar refractivity (Wildman–Crippen MR) is 136 cm³/mol. The standard InChI is InChI=1S/C27H19N3O5S/c1-35-27(32)20-12-4-5-13-21(20)29-23-16-22(18-10-2-3-11-19(18)26(23)31)30-36(33,34)24-14-6-8-17-9-7-15-28-25(17)24/h2-16,29H,1H3. The van der Waals surface area contributed by atoms with Crippen molar-refractivity contribution in [2.24, 2.45) is 4.40 Å². The Kier molecular flexibility index (Phi) is 5.91. The molecule has 0 bridgehead atoms. The van der Waals surface area contributed by atoms with Gasteiger partial charge in [-0.15, -0.1) is 0 Å². The van der Waals surface area contributed by atoms with Crippen molar-refractivity contribution in [1.29, 1.82) is 0 Å². The van der Waals surface area contributed by atoms with E-state index in [1.807, 2.05) is 0 Å². The molecule has 3 aromatic carbocycles. The summed E-state index contributed by atoms with van der Waals surface area (Å²) in [5.41, 5.74) is 1.67. The van der Waals surface area contributed by atoms with Gasteiger partial charge in [-0.25, -0.2) is 4.79 Å². The van der Waals surface area contributed by atoms with Crippen molar-refractivity contribution in [3.05, 3.63) is 114 Å². The van der Waals surface area contributed by atoms with Gasteiger partial charge in [0.2, 0.25) is 5.78 Å². The van der Waals surface area contributed by atoms with Crippen LogP contribution in [0.4, 0.5) is 5.69 Å². The molecular weight excluding hydrogens is 478 g/mol. The minimum atomic E-state index is -4.20. The third-order valence-electron chi connectivity index (χ3n) is 5.67. The van der Waals surface area contributed by atoms with E-state index in [-0.39, 0.29) is 33.2 Å². The lowest BCUT2D eigenvalue weighted by atomic mass is 9.92. The van der Waals surface area contributed by atoms with E-state index >= 15 is 0 Å². The highest BCUT2D eigenvalue weighted by Gasteiger charge is 2.27. The quantitative estimate of drug-likeness (QED) is 0.407. The predicted octanol–water partition coefficient (Wildman–Crippen LogP) is 4.39. The Hall–Kier alpha value is -4.63. The lowest BCUT2D eigenvalue weighted by Gasteiger charge is -2.19. The van der Waals surface area contributed by atoms with Gasteiger partial charge in [0.15, 0.2) is 0 Å². The number of ether oxygens (including phenoxy) is 1. The Morgan fingerprint density at radius 2 is 1.64 bits per heavy atom. The number of hydrogen-bond donors (Lipinski definition) is 1. The number of methoxy groups -OCH3 is 1. The third kappa shape index (κ3) is 4.16. The topological polar surface area (TPSA) is 115 Å². The molecule has 36 heavy (non-hydrogen) atoms. The second-order valence-electron chi connectivity index (χ2n) is 7.88. The lowest BCUT2D eigenvalue weighted by Crippen LogP contribution is -2.23. The van der Waals surface area contributed by atoms with Crippen LogP contribution in [0.5, 0.6) is 0 Å². The average Bonchev–Trinajstić information content (AvgIpc) is 2.90. The van der Waals surface area contributed by atoms with Crippen LogP contribution in [0.1, 0.15) is 26.3 Å². The molecule has 4 aromatic rings. The van der Waals surface area contributed by atoms with Crippen LogP contribution in [0.2, 0.25) is 0 Å². The SMILES string of the molecule is COC(=O)c1ccccc1NC1=CC(=NS(=O)(=O)c2cccc3cccnc23)c2ccccc2C1=O. The van der Waals surface area contributed by atoms with E-state index in [0.29, 0.717) is 22.2 Å². The van der Waals surface area contributed by atoms with Gasteiger partial charge in [0, 0.05) is 22.7 Å². The molecule has 9 heteroatoms.